The molecule has 0 saturated heterocycles. The smallest absolute Gasteiger partial charge is 0.0410 e. The summed E-state index contributed by atoms with van der Waals surface area (Å²) in [5.74, 6) is 0. The molecule has 1 heterocycles. The van der Waals surface area contributed by atoms with E-state index in [2.05, 4.69) is 51.9 Å². The second kappa shape index (κ2) is 6.17. The van der Waals surface area contributed by atoms with Gasteiger partial charge in [-0.3, -0.25) is 9.88 Å². The molecule has 1 atom stereocenters. The van der Waals surface area contributed by atoms with Crippen molar-refractivity contribution in [3.8, 4) is 0 Å². The summed E-state index contributed by atoms with van der Waals surface area (Å²) in [5.41, 5.74) is 9.06. The van der Waals surface area contributed by atoms with Crippen LogP contribution in [0.5, 0.6) is 0 Å². The van der Waals surface area contributed by atoms with Crippen LogP contribution in [0.3, 0.4) is 0 Å². The summed E-state index contributed by atoms with van der Waals surface area (Å²) in [6.07, 6.45) is 3.69. The molecular formula is C15H18BrN3. The summed E-state index contributed by atoms with van der Waals surface area (Å²) in [5, 5.41) is 0. The van der Waals surface area contributed by atoms with E-state index in [1.807, 2.05) is 24.4 Å². The molecule has 0 saturated carbocycles. The van der Waals surface area contributed by atoms with Crippen LogP contribution in [0, 0.1) is 0 Å². The monoisotopic (exact) mass is 319 g/mol. The number of hydrogen-bond acceptors (Lipinski definition) is 3. The standard InChI is InChI=1S/C15H18BrN3/c1-11(13-4-3-5-15(17)7-13)19(2)10-12-6-14(16)9-18-8-12/h3-9,11H,10,17H2,1-2H3. The lowest BCUT2D eigenvalue weighted by Gasteiger charge is -2.25. The molecule has 2 N–H and O–H groups in total. The molecule has 0 radical (unpaired) electrons. The predicted molar refractivity (Wildman–Crippen MR) is 82.7 cm³/mol. The molecule has 1 unspecified atom stereocenters. The zero-order valence-corrected chi connectivity index (χ0v) is 12.8. The number of nitrogens with zero attached hydrogens (tertiary/aromatic N) is 2. The van der Waals surface area contributed by atoms with Crippen LogP contribution in [0.1, 0.15) is 24.1 Å². The highest BCUT2D eigenvalue weighted by atomic mass is 79.9. The topological polar surface area (TPSA) is 42.1 Å². The number of halogens is 1. The fraction of sp³-hybridized carbons (Fsp3) is 0.267. The van der Waals surface area contributed by atoms with Crippen molar-refractivity contribution in [2.24, 2.45) is 0 Å². The van der Waals surface area contributed by atoms with E-state index < -0.39 is 0 Å². The molecule has 1 aromatic heterocycles. The highest BCUT2D eigenvalue weighted by Gasteiger charge is 2.12. The Morgan fingerprint density at radius 3 is 2.79 bits per heavy atom. The number of nitrogens with two attached hydrogens (primary N) is 1. The first kappa shape index (κ1) is 14.0. The molecule has 0 aliphatic rings. The van der Waals surface area contributed by atoms with E-state index in [-0.39, 0.29) is 0 Å². The van der Waals surface area contributed by atoms with Crippen molar-refractivity contribution in [1.29, 1.82) is 0 Å². The maximum absolute atomic E-state index is 5.83. The zero-order chi connectivity index (χ0) is 13.8. The van der Waals surface area contributed by atoms with Crippen molar-refractivity contribution in [1.82, 2.24) is 9.88 Å². The number of hydrogen-bond donors (Lipinski definition) is 1. The Morgan fingerprint density at radius 1 is 1.32 bits per heavy atom. The van der Waals surface area contributed by atoms with Gasteiger partial charge in [0.2, 0.25) is 0 Å². The van der Waals surface area contributed by atoms with Gasteiger partial charge in [0, 0.05) is 35.1 Å². The van der Waals surface area contributed by atoms with E-state index in [9.17, 15) is 0 Å². The van der Waals surface area contributed by atoms with Gasteiger partial charge in [-0.1, -0.05) is 12.1 Å². The minimum atomic E-state index is 0.308. The van der Waals surface area contributed by atoms with Gasteiger partial charge in [-0.15, -0.1) is 0 Å². The highest BCUT2D eigenvalue weighted by molar-refractivity contribution is 9.10. The van der Waals surface area contributed by atoms with Crippen LogP contribution in [0.15, 0.2) is 47.2 Å². The Labute approximate surface area is 122 Å². The van der Waals surface area contributed by atoms with Gasteiger partial charge in [0.25, 0.3) is 0 Å². The summed E-state index contributed by atoms with van der Waals surface area (Å²) in [6.45, 7) is 3.03. The van der Waals surface area contributed by atoms with E-state index in [1.54, 1.807) is 6.20 Å². The molecule has 100 valence electrons. The first-order chi connectivity index (χ1) is 9.06. The van der Waals surface area contributed by atoms with Crippen molar-refractivity contribution in [2.75, 3.05) is 12.8 Å². The zero-order valence-electron chi connectivity index (χ0n) is 11.2. The van der Waals surface area contributed by atoms with Crippen molar-refractivity contribution < 1.29 is 0 Å². The molecule has 2 aromatic rings. The molecule has 19 heavy (non-hydrogen) atoms. The summed E-state index contributed by atoms with van der Waals surface area (Å²) in [7, 11) is 2.11. The Morgan fingerprint density at radius 2 is 2.11 bits per heavy atom. The van der Waals surface area contributed by atoms with E-state index in [0.29, 0.717) is 6.04 Å². The third-order valence-electron chi connectivity index (χ3n) is 3.25. The average Bonchev–Trinajstić information content (AvgIpc) is 2.38. The normalized spacial score (nSPS) is 12.6. The minimum Gasteiger partial charge on any atom is -0.399 e. The van der Waals surface area contributed by atoms with Crippen molar-refractivity contribution in [3.05, 3.63) is 58.3 Å². The van der Waals surface area contributed by atoms with Gasteiger partial charge >= 0.3 is 0 Å². The van der Waals surface area contributed by atoms with Gasteiger partial charge in [-0.25, -0.2) is 0 Å². The van der Waals surface area contributed by atoms with E-state index in [1.165, 1.54) is 11.1 Å². The Bertz CT molecular complexity index is 557. The molecule has 0 spiro atoms. The average molecular weight is 320 g/mol. The van der Waals surface area contributed by atoms with Gasteiger partial charge in [0.05, 0.1) is 0 Å². The van der Waals surface area contributed by atoms with Gasteiger partial charge in [0.15, 0.2) is 0 Å². The number of anilines is 1. The molecule has 1 aromatic carbocycles. The largest absolute Gasteiger partial charge is 0.399 e. The quantitative estimate of drug-likeness (QED) is 0.875. The summed E-state index contributed by atoms with van der Waals surface area (Å²) < 4.78 is 1.01. The van der Waals surface area contributed by atoms with Crippen LogP contribution >= 0.6 is 15.9 Å². The van der Waals surface area contributed by atoms with E-state index >= 15 is 0 Å². The minimum absolute atomic E-state index is 0.308. The summed E-state index contributed by atoms with van der Waals surface area (Å²) >= 11 is 3.45. The first-order valence-electron chi connectivity index (χ1n) is 6.21. The SMILES string of the molecule is CC(c1cccc(N)c1)N(C)Cc1cncc(Br)c1. The van der Waals surface area contributed by atoms with Crippen LogP contribution in [-0.2, 0) is 6.54 Å². The molecule has 3 nitrogen and oxygen atoms in total. The second-order valence-corrected chi connectivity index (χ2v) is 5.69. The third kappa shape index (κ3) is 3.78. The lowest BCUT2D eigenvalue weighted by Crippen LogP contribution is -2.22. The van der Waals surface area contributed by atoms with Crippen LogP contribution < -0.4 is 5.73 Å². The van der Waals surface area contributed by atoms with Crippen LogP contribution in [0.4, 0.5) is 5.69 Å². The molecule has 4 heteroatoms. The molecule has 2 rings (SSSR count). The van der Waals surface area contributed by atoms with Crippen LogP contribution in [-0.4, -0.2) is 16.9 Å². The Hall–Kier alpha value is -1.39. The maximum atomic E-state index is 5.83. The van der Waals surface area contributed by atoms with Crippen molar-refractivity contribution >= 4 is 21.6 Å². The van der Waals surface area contributed by atoms with E-state index in [0.717, 1.165) is 16.7 Å². The van der Waals surface area contributed by atoms with Gasteiger partial charge < -0.3 is 5.73 Å². The number of benzene rings is 1. The fourth-order valence-electron chi connectivity index (χ4n) is 2.04. The highest BCUT2D eigenvalue weighted by Crippen LogP contribution is 2.22. The van der Waals surface area contributed by atoms with Gasteiger partial charge in [-0.05, 0) is 59.2 Å². The Balaban J connectivity index is 2.09. The number of rotatable bonds is 4. The van der Waals surface area contributed by atoms with Gasteiger partial charge in [-0.2, -0.15) is 0 Å². The maximum Gasteiger partial charge on any atom is 0.0410 e. The number of pyridine rings is 1. The Kier molecular flexibility index (Phi) is 4.56. The lowest BCUT2D eigenvalue weighted by molar-refractivity contribution is 0.253. The van der Waals surface area contributed by atoms with Crippen LogP contribution in [0.25, 0.3) is 0 Å². The summed E-state index contributed by atoms with van der Waals surface area (Å²) in [6, 6.07) is 10.4. The molecule has 0 fully saturated rings. The number of nitrogen functional groups attached to an aromatic ring is 1. The third-order valence-corrected chi connectivity index (χ3v) is 3.68. The number of aromatic nitrogens is 1. The van der Waals surface area contributed by atoms with Crippen molar-refractivity contribution in [3.63, 3.8) is 0 Å². The van der Waals surface area contributed by atoms with Crippen LogP contribution in [0.2, 0.25) is 0 Å². The lowest BCUT2D eigenvalue weighted by atomic mass is 10.1. The second-order valence-electron chi connectivity index (χ2n) is 4.77. The summed E-state index contributed by atoms with van der Waals surface area (Å²) in [4.78, 5) is 6.47. The fourth-order valence-corrected chi connectivity index (χ4v) is 2.45. The molecular weight excluding hydrogens is 302 g/mol. The first-order valence-corrected chi connectivity index (χ1v) is 7.00. The van der Waals surface area contributed by atoms with E-state index in [4.69, 9.17) is 5.73 Å². The van der Waals surface area contributed by atoms with Crippen molar-refractivity contribution in [2.45, 2.75) is 19.5 Å². The van der Waals surface area contributed by atoms with Gasteiger partial charge in [0.1, 0.15) is 0 Å². The molecule has 0 amide bonds. The molecule has 0 aliphatic heterocycles. The molecule has 0 aliphatic carbocycles. The predicted octanol–water partition coefficient (Wildman–Crippen LogP) is 3.62. The molecule has 0 bridgehead atoms.